The Morgan fingerprint density at radius 1 is 1.35 bits per heavy atom. The van der Waals surface area contributed by atoms with Gasteiger partial charge in [-0.3, -0.25) is 9.78 Å². The second kappa shape index (κ2) is 5.62. The second-order valence-electron chi connectivity index (χ2n) is 4.50. The Bertz CT molecular complexity index is 438. The predicted octanol–water partition coefficient (Wildman–Crippen LogP) is 2.67. The summed E-state index contributed by atoms with van der Waals surface area (Å²) < 4.78 is 0. The highest BCUT2D eigenvalue weighted by molar-refractivity contribution is 5.97. The number of carbonyl (C=O) groups excluding carboxylic acids is 1. The van der Waals surface area contributed by atoms with Crippen LogP contribution in [0.5, 0.6) is 0 Å². The lowest BCUT2D eigenvalue weighted by molar-refractivity contribution is -0.115. The number of rotatable bonds is 3. The molecule has 0 saturated carbocycles. The minimum atomic E-state index is 0.201. The zero-order valence-corrected chi connectivity index (χ0v) is 9.98. The van der Waals surface area contributed by atoms with Gasteiger partial charge in [0, 0.05) is 30.1 Å². The molecule has 0 bridgehead atoms. The first-order valence-electron chi connectivity index (χ1n) is 6.18. The Labute approximate surface area is 102 Å². The van der Waals surface area contributed by atoms with Crippen LogP contribution < -0.4 is 5.73 Å². The van der Waals surface area contributed by atoms with E-state index in [2.05, 4.69) is 11.1 Å². The largest absolute Gasteiger partial charge is 0.398 e. The monoisotopic (exact) mass is 230 g/mol. The van der Waals surface area contributed by atoms with Crippen molar-refractivity contribution in [3.63, 3.8) is 0 Å². The van der Waals surface area contributed by atoms with E-state index in [-0.39, 0.29) is 5.78 Å². The average Bonchev–Trinajstić information content (AvgIpc) is 2.61. The Kier molecular flexibility index (Phi) is 3.91. The quantitative estimate of drug-likeness (QED) is 0.868. The number of pyridine rings is 1. The molecule has 1 aromatic rings. The van der Waals surface area contributed by atoms with Crippen LogP contribution in [0.1, 0.15) is 37.7 Å². The van der Waals surface area contributed by atoms with Crippen molar-refractivity contribution in [2.45, 2.75) is 38.5 Å². The Balaban J connectivity index is 2.06. The molecule has 1 aliphatic rings. The van der Waals surface area contributed by atoms with E-state index in [0.717, 1.165) is 30.4 Å². The first kappa shape index (κ1) is 11.8. The molecular weight excluding hydrogens is 212 g/mol. The maximum absolute atomic E-state index is 12.1. The van der Waals surface area contributed by atoms with Crippen LogP contribution in [0.2, 0.25) is 0 Å². The Hall–Kier alpha value is -1.64. The number of nitrogens with zero attached hydrogens (tertiary/aromatic N) is 1. The van der Waals surface area contributed by atoms with Crippen LogP contribution in [0.3, 0.4) is 0 Å². The topological polar surface area (TPSA) is 56.0 Å². The molecule has 17 heavy (non-hydrogen) atoms. The molecule has 0 spiro atoms. The van der Waals surface area contributed by atoms with E-state index < -0.39 is 0 Å². The van der Waals surface area contributed by atoms with Crippen LogP contribution in [0.4, 0.5) is 5.69 Å². The molecule has 0 unspecified atom stereocenters. The Morgan fingerprint density at radius 2 is 2.24 bits per heavy atom. The number of hydrogen-bond donors (Lipinski definition) is 1. The van der Waals surface area contributed by atoms with Gasteiger partial charge in [-0.1, -0.05) is 12.5 Å². The fraction of sp³-hybridized carbons (Fsp3) is 0.429. The molecule has 0 aromatic carbocycles. The number of nitrogens with two attached hydrogens (primary N) is 1. The van der Waals surface area contributed by atoms with Crippen molar-refractivity contribution >= 4 is 11.5 Å². The van der Waals surface area contributed by atoms with E-state index in [4.69, 9.17) is 5.73 Å². The van der Waals surface area contributed by atoms with Gasteiger partial charge in [0.15, 0.2) is 5.78 Å². The lowest BCUT2D eigenvalue weighted by atomic mass is 10.00. The fourth-order valence-electron chi connectivity index (χ4n) is 2.14. The van der Waals surface area contributed by atoms with Gasteiger partial charge in [-0.15, -0.1) is 0 Å². The molecule has 3 nitrogen and oxygen atoms in total. The zero-order valence-electron chi connectivity index (χ0n) is 9.98. The lowest BCUT2D eigenvalue weighted by Gasteiger charge is -2.06. The molecule has 1 aliphatic carbocycles. The highest BCUT2D eigenvalue weighted by atomic mass is 16.1. The third kappa shape index (κ3) is 3.16. The molecule has 2 rings (SSSR count). The average molecular weight is 230 g/mol. The van der Waals surface area contributed by atoms with Crippen LogP contribution in [0.25, 0.3) is 0 Å². The summed E-state index contributed by atoms with van der Waals surface area (Å²) in [5.41, 5.74) is 8.29. The summed E-state index contributed by atoms with van der Waals surface area (Å²) in [6.07, 6.45) is 11.3. The molecule has 1 heterocycles. The van der Waals surface area contributed by atoms with Crippen molar-refractivity contribution in [2.75, 3.05) is 5.73 Å². The molecule has 0 amide bonds. The predicted molar refractivity (Wildman–Crippen MR) is 68.5 cm³/mol. The van der Waals surface area contributed by atoms with Crippen LogP contribution >= 0.6 is 0 Å². The van der Waals surface area contributed by atoms with Crippen LogP contribution in [-0.4, -0.2) is 10.8 Å². The normalized spacial score (nSPS) is 16.1. The molecule has 0 saturated heterocycles. The van der Waals surface area contributed by atoms with Crippen molar-refractivity contribution in [1.29, 1.82) is 0 Å². The van der Waals surface area contributed by atoms with E-state index >= 15 is 0 Å². The standard InChI is InChI=1S/C14H18N2O/c15-13-7-8-16-10-12(13)9-14(17)11-5-3-1-2-4-6-11/h5,7-8,10H,1-4,6,9H2,(H2,15,16). The third-order valence-corrected chi connectivity index (χ3v) is 3.19. The first-order chi connectivity index (χ1) is 8.27. The highest BCUT2D eigenvalue weighted by Crippen LogP contribution is 2.20. The molecule has 0 atom stereocenters. The van der Waals surface area contributed by atoms with Gasteiger partial charge in [-0.05, 0) is 37.3 Å². The van der Waals surface area contributed by atoms with Crippen LogP contribution in [0.15, 0.2) is 30.1 Å². The fourth-order valence-corrected chi connectivity index (χ4v) is 2.14. The van der Waals surface area contributed by atoms with Gasteiger partial charge in [0.1, 0.15) is 0 Å². The second-order valence-corrected chi connectivity index (χ2v) is 4.50. The minimum Gasteiger partial charge on any atom is -0.398 e. The summed E-state index contributed by atoms with van der Waals surface area (Å²) in [5, 5.41) is 0. The zero-order chi connectivity index (χ0) is 12.1. The lowest BCUT2D eigenvalue weighted by Crippen LogP contribution is -2.08. The number of aromatic nitrogens is 1. The van der Waals surface area contributed by atoms with E-state index in [1.165, 1.54) is 12.8 Å². The van der Waals surface area contributed by atoms with Gasteiger partial charge < -0.3 is 5.73 Å². The maximum atomic E-state index is 12.1. The molecule has 0 aliphatic heterocycles. The highest BCUT2D eigenvalue weighted by Gasteiger charge is 2.13. The van der Waals surface area contributed by atoms with Crippen molar-refractivity contribution in [3.8, 4) is 0 Å². The van der Waals surface area contributed by atoms with E-state index in [1.807, 2.05) is 0 Å². The summed E-state index contributed by atoms with van der Waals surface area (Å²) in [6.45, 7) is 0. The van der Waals surface area contributed by atoms with Crippen molar-refractivity contribution in [3.05, 3.63) is 35.7 Å². The number of anilines is 1. The minimum absolute atomic E-state index is 0.201. The van der Waals surface area contributed by atoms with Gasteiger partial charge in [-0.2, -0.15) is 0 Å². The summed E-state index contributed by atoms with van der Waals surface area (Å²) in [4.78, 5) is 16.1. The SMILES string of the molecule is Nc1ccncc1CC(=O)C1=CCCCCC1. The number of nitrogen functional groups attached to an aromatic ring is 1. The van der Waals surface area contributed by atoms with Crippen molar-refractivity contribution in [1.82, 2.24) is 4.98 Å². The Morgan fingerprint density at radius 3 is 3.06 bits per heavy atom. The molecule has 90 valence electrons. The molecule has 0 radical (unpaired) electrons. The van der Waals surface area contributed by atoms with Crippen molar-refractivity contribution in [2.24, 2.45) is 0 Å². The van der Waals surface area contributed by atoms with Crippen molar-refractivity contribution < 1.29 is 4.79 Å². The molecular formula is C14H18N2O. The van der Waals surface area contributed by atoms with Gasteiger partial charge in [0.05, 0.1) is 0 Å². The summed E-state index contributed by atoms with van der Waals surface area (Å²) in [7, 11) is 0. The number of hydrogen-bond acceptors (Lipinski definition) is 3. The van der Waals surface area contributed by atoms with Gasteiger partial charge in [0.25, 0.3) is 0 Å². The van der Waals surface area contributed by atoms with Crippen LogP contribution in [-0.2, 0) is 11.2 Å². The van der Waals surface area contributed by atoms with E-state index in [9.17, 15) is 4.79 Å². The summed E-state index contributed by atoms with van der Waals surface area (Å²) >= 11 is 0. The summed E-state index contributed by atoms with van der Waals surface area (Å²) in [6, 6.07) is 1.74. The van der Waals surface area contributed by atoms with E-state index in [1.54, 1.807) is 18.5 Å². The smallest absolute Gasteiger partial charge is 0.163 e. The maximum Gasteiger partial charge on any atom is 0.163 e. The molecule has 3 heteroatoms. The third-order valence-electron chi connectivity index (χ3n) is 3.19. The van der Waals surface area contributed by atoms with Gasteiger partial charge in [0.2, 0.25) is 0 Å². The number of Topliss-reactive ketones (excluding diaryl/α,β-unsaturated/α-hetero) is 1. The van der Waals surface area contributed by atoms with Gasteiger partial charge >= 0.3 is 0 Å². The first-order valence-corrected chi connectivity index (χ1v) is 6.18. The van der Waals surface area contributed by atoms with Gasteiger partial charge in [-0.25, -0.2) is 0 Å². The number of carbonyl (C=O) groups is 1. The molecule has 1 aromatic heterocycles. The molecule has 0 fully saturated rings. The number of ketones is 1. The number of allylic oxidation sites excluding steroid dienone is 2. The molecule has 2 N–H and O–H groups in total. The summed E-state index contributed by atoms with van der Waals surface area (Å²) in [5.74, 6) is 0.201. The van der Waals surface area contributed by atoms with E-state index in [0.29, 0.717) is 12.1 Å². The van der Waals surface area contributed by atoms with Crippen LogP contribution in [0, 0.1) is 0 Å².